The van der Waals surface area contributed by atoms with Gasteiger partial charge in [0.05, 0.1) is 5.02 Å². The van der Waals surface area contributed by atoms with E-state index in [1.54, 1.807) is 0 Å². The Labute approximate surface area is 131 Å². The number of anilines is 1. The van der Waals surface area contributed by atoms with Gasteiger partial charge in [0.25, 0.3) is 0 Å². The Hall–Kier alpha value is -0.450. The molecule has 0 radical (unpaired) electrons. The van der Waals surface area contributed by atoms with Crippen LogP contribution in [0, 0.1) is 0 Å². The Morgan fingerprint density at radius 3 is 2.90 bits per heavy atom. The molecule has 1 aromatic heterocycles. The largest absolute Gasteiger partial charge is 0.351 e. The first-order valence-electron chi connectivity index (χ1n) is 7.25. The SMILES string of the molecule is CC(C)NCc1cnc(N2CCSC(C)C2C)c(Cl)c1. The zero-order valence-electron chi connectivity index (χ0n) is 12.7. The lowest BCUT2D eigenvalue weighted by Gasteiger charge is -2.38. The van der Waals surface area contributed by atoms with Gasteiger partial charge in [-0.15, -0.1) is 0 Å². The van der Waals surface area contributed by atoms with E-state index in [0.29, 0.717) is 17.3 Å². The monoisotopic (exact) mass is 313 g/mol. The van der Waals surface area contributed by atoms with Crippen LogP contribution in [0.5, 0.6) is 0 Å². The van der Waals surface area contributed by atoms with Crippen molar-refractivity contribution in [3.8, 4) is 0 Å². The molecule has 5 heteroatoms. The summed E-state index contributed by atoms with van der Waals surface area (Å²) in [4.78, 5) is 6.95. The van der Waals surface area contributed by atoms with Crippen LogP contribution in [0.25, 0.3) is 0 Å². The summed E-state index contributed by atoms with van der Waals surface area (Å²) in [6.45, 7) is 10.6. The van der Waals surface area contributed by atoms with Crippen LogP contribution in [0.2, 0.25) is 5.02 Å². The Morgan fingerprint density at radius 2 is 2.25 bits per heavy atom. The fourth-order valence-electron chi connectivity index (χ4n) is 2.33. The molecule has 2 heterocycles. The number of thioether (sulfide) groups is 1. The van der Waals surface area contributed by atoms with Crippen LogP contribution in [-0.2, 0) is 6.54 Å². The van der Waals surface area contributed by atoms with Crippen LogP contribution in [0.4, 0.5) is 5.82 Å². The van der Waals surface area contributed by atoms with Crippen molar-refractivity contribution in [3.05, 3.63) is 22.8 Å². The minimum Gasteiger partial charge on any atom is -0.351 e. The molecule has 3 nitrogen and oxygen atoms in total. The van der Waals surface area contributed by atoms with Crippen molar-refractivity contribution < 1.29 is 0 Å². The standard InChI is InChI=1S/C15H24ClN3S/c1-10(2)17-8-13-7-14(16)15(18-9-13)19-5-6-20-12(4)11(19)3/h7,9-12,17H,5-6,8H2,1-4H3. The highest BCUT2D eigenvalue weighted by Crippen LogP contribution is 2.32. The summed E-state index contributed by atoms with van der Waals surface area (Å²) in [6, 6.07) is 2.98. The van der Waals surface area contributed by atoms with Gasteiger partial charge in [0.1, 0.15) is 5.82 Å². The van der Waals surface area contributed by atoms with Crippen LogP contribution in [-0.4, -0.2) is 34.6 Å². The molecular formula is C15H24ClN3S. The molecule has 0 spiro atoms. The Kier molecular flexibility index (Phi) is 5.58. The second kappa shape index (κ2) is 7.01. The van der Waals surface area contributed by atoms with Gasteiger partial charge in [0.2, 0.25) is 0 Å². The summed E-state index contributed by atoms with van der Waals surface area (Å²) in [6.07, 6.45) is 1.94. The van der Waals surface area contributed by atoms with Gasteiger partial charge in [-0.2, -0.15) is 11.8 Å². The van der Waals surface area contributed by atoms with Crippen molar-refractivity contribution in [1.29, 1.82) is 0 Å². The first-order chi connectivity index (χ1) is 9.49. The number of nitrogens with one attached hydrogen (secondary N) is 1. The van der Waals surface area contributed by atoms with Gasteiger partial charge in [-0.25, -0.2) is 4.98 Å². The van der Waals surface area contributed by atoms with E-state index >= 15 is 0 Å². The summed E-state index contributed by atoms with van der Waals surface area (Å²) in [7, 11) is 0. The van der Waals surface area contributed by atoms with E-state index in [9.17, 15) is 0 Å². The van der Waals surface area contributed by atoms with Crippen molar-refractivity contribution in [2.45, 2.75) is 51.6 Å². The third-order valence-electron chi connectivity index (χ3n) is 3.75. The summed E-state index contributed by atoms with van der Waals surface area (Å²) in [5.74, 6) is 2.07. The third-order valence-corrected chi connectivity index (χ3v) is 5.36. The molecule has 112 valence electrons. The smallest absolute Gasteiger partial charge is 0.147 e. The molecule has 1 saturated heterocycles. The molecule has 2 atom stereocenters. The number of pyridine rings is 1. The fourth-order valence-corrected chi connectivity index (χ4v) is 3.73. The van der Waals surface area contributed by atoms with Crippen molar-refractivity contribution >= 4 is 29.2 Å². The average Bonchev–Trinajstić information content (AvgIpc) is 2.40. The van der Waals surface area contributed by atoms with Gasteiger partial charge < -0.3 is 10.2 Å². The lowest BCUT2D eigenvalue weighted by molar-refractivity contribution is 0.587. The Balaban J connectivity index is 2.12. The summed E-state index contributed by atoms with van der Waals surface area (Å²) in [5.41, 5.74) is 1.14. The van der Waals surface area contributed by atoms with Crippen LogP contribution >= 0.6 is 23.4 Å². The highest BCUT2D eigenvalue weighted by molar-refractivity contribution is 8.00. The number of nitrogens with zero attached hydrogens (tertiary/aromatic N) is 2. The van der Waals surface area contributed by atoms with Gasteiger partial charge in [0, 0.05) is 42.4 Å². The number of halogens is 1. The Bertz CT molecular complexity index is 453. The van der Waals surface area contributed by atoms with E-state index in [4.69, 9.17) is 11.6 Å². The average molecular weight is 314 g/mol. The zero-order chi connectivity index (χ0) is 14.7. The van der Waals surface area contributed by atoms with Crippen molar-refractivity contribution in [2.75, 3.05) is 17.2 Å². The Morgan fingerprint density at radius 1 is 1.50 bits per heavy atom. The number of rotatable bonds is 4. The van der Waals surface area contributed by atoms with E-state index in [-0.39, 0.29) is 0 Å². The summed E-state index contributed by atoms with van der Waals surface area (Å²) in [5, 5.41) is 4.77. The van der Waals surface area contributed by atoms with Crippen molar-refractivity contribution in [3.63, 3.8) is 0 Å². The lowest BCUT2D eigenvalue weighted by Crippen LogP contribution is -2.45. The van der Waals surface area contributed by atoms with E-state index in [0.717, 1.165) is 35.2 Å². The summed E-state index contributed by atoms with van der Waals surface area (Å²) >= 11 is 8.47. The first kappa shape index (κ1) is 15.9. The van der Waals surface area contributed by atoms with Gasteiger partial charge >= 0.3 is 0 Å². The minimum atomic E-state index is 0.466. The van der Waals surface area contributed by atoms with Crippen LogP contribution in [0.15, 0.2) is 12.3 Å². The molecule has 20 heavy (non-hydrogen) atoms. The predicted molar refractivity (Wildman–Crippen MR) is 90.0 cm³/mol. The van der Waals surface area contributed by atoms with E-state index in [1.807, 2.05) is 24.0 Å². The van der Waals surface area contributed by atoms with Crippen molar-refractivity contribution in [1.82, 2.24) is 10.3 Å². The fraction of sp³-hybridized carbons (Fsp3) is 0.667. The number of hydrogen-bond donors (Lipinski definition) is 1. The lowest BCUT2D eigenvalue weighted by atomic mass is 10.2. The highest BCUT2D eigenvalue weighted by Gasteiger charge is 2.27. The molecule has 0 saturated carbocycles. The van der Waals surface area contributed by atoms with Gasteiger partial charge in [-0.1, -0.05) is 32.4 Å². The van der Waals surface area contributed by atoms with E-state index in [1.165, 1.54) is 0 Å². The third kappa shape index (κ3) is 3.80. The molecule has 1 N–H and O–H groups in total. The molecule has 0 aromatic carbocycles. The molecule has 1 aliphatic rings. The second-order valence-electron chi connectivity index (χ2n) is 5.69. The van der Waals surface area contributed by atoms with Gasteiger partial charge in [-0.3, -0.25) is 0 Å². The quantitative estimate of drug-likeness (QED) is 0.920. The summed E-state index contributed by atoms with van der Waals surface area (Å²) < 4.78 is 0. The maximum atomic E-state index is 6.45. The maximum Gasteiger partial charge on any atom is 0.147 e. The van der Waals surface area contributed by atoms with Gasteiger partial charge in [-0.05, 0) is 18.6 Å². The molecule has 0 aliphatic carbocycles. The van der Waals surface area contributed by atoms with Crippen LogP contribution < -0.4 is 10.2 Å². The normalized spacial score (nSPS) is 23.4. The molecule has 2 rings (SSSR count). The number of aromatic nitrogens is 1. The predicted octanol–water partition coefficient (Wildman–Crippen LogP) is 3.56. The van der Waals surface area contributed by atoms with Crippen LogP contribution in [0.3, 0.4) is 0 Å². The molecule has 0 amide bonds. The second-order valence-corrected chi connectivity index (χ2v) is 7.59. The molecule has 1 aromatic rings. The van der Waals surface area contributed by atoms with E-state index in [2.05, 4.69) is 42.9 Å². The van der Waals surface area contributed by atoms with Crippen molar-refractivity contribution in [2.24, 2.45) is 0 Å². The molecule has 1 aliphatic heterocycles. The zero-order valence-corrected chi connectivity index (χ0v) is 14.3. The highest BCUT2D eigenvalue weighted by atomic mass is 35.5. The molecular weight excluding hydrogens is 290 g/mol. The minimum absolute atomic E-state index is 0.466. The van der Waals surface area contributed by atoms with Gasteiger partial charge in [0.15, 0.2) is 0 Å². The van der Waals surface area contributed by atoms with E-state index < -0.39 is 0 Å². The molecule has 0 bridgehead atoms. The first-order valence-corrected chi connectivity index (χ1v) is 8.67. The molecule has 1 fully saturated rings. The maximum absolute atomic E-state index is 6.45. The number of hydrogen-bond acceptors (Lipinski definition) is 4. The topological polar surface area (TPSA) is 28.2 Å². The molecule has 2 unspecified atom stereocenters. The van der Waals surface area contributed by atoms with Crippen LogP contribution in [0.1, 0.15) is 33.3 Å².